The van der Waals surface area contributed by atoms with Crippen LogP contribution in [0.25, 0.3) is 0 Å². The van der Waals surface area contributed by atoms with Crippen LogP contribution in [0.4, 0.5) is 0 Å². The van der Waals surface area contributed by atoms with Crippen molar-refractivity contribution in [1.82, 2.24) is 0 Å². The Kier molecular flexibility index (Phi) is 7.26. The van der Waals surface area contributed by atoms with Gasteiger partial charge in [0.1, 0.15) is 6.61 Å². The van der Waals surface area contributed by atoms with Crippen molar-refractivity contribution < 1.29 is 47.9 Å². The van der Waals surface area contributed by atoms with Crippen molar-refractivity contribution in [2.75, 3.05) is 6.61 Å². The molecule has 0 saturated carbocycles. The molecule has 0 aromatic carbocycles. The molecule has 0 rings (SSSR count). The van der Waals surface area contributed by atoms with Gasteiger partial charge in [-0.05, 0) is 0 Å². The van der Waals surface area contributed by atoms with Gasteiger partial charge in [0.25, 0.3) is 0 Å². The van der Waals surface area contributed by atoms with Crippen molar-refractivity contribution in [3.63, 3.8) is 0 Å². The van der Waals surface area contributed by atoms with Gasteiger partial charge in [-0.3, -0.25) is 0 Å². The number of carbonyl (C=O) groups is 1. The molecule has 0 aromatic heterocycles. The molecular weight excluding hydrogens is 184 g/mol. The molecular formula is C2H8O7Ti. The molecule has 0 bridgehead atoms. The van der Waals surface area contributed by atoms with Crippen LogP contribution in [0.15, 0.2) is 0 Å². The Morgan fingerprint density at radius 2 is 1.30 bits per heavy atom. The zero-order valence-electron chi connectivity index (χ0n) is 4.80. The number of aliphatic hydroxyl groups is 1. The van der Waals surface area contributed by atoms with Crippen molar-refractivity contribution in [1.29, 1.82) is 0 Å². The first kappa shape index (κ1) is 12.6. The third-order valence-corrected chi connectivity index (χ3v) is 0.135. The maximum atomic E-state index is 9.12. The molecule has 0 radical (unpaired) electrons. The Hall–Kier alpha value is -0.0157. The minimum atomic E-state index is -5.00. The van der Waals surface area contributed by atoms with Gasteiger partial charge in [0.15, 0.2) is 0 Å². The summed E-state index contributed by atoms with van der Waals surface area (Å²) in [5.41, 5.74) is 0. The van der Waals surface area contributed by atoms with E-state index in [2.05, 4.69) is 0 Å². The first-order valence-corrected chi connectivity index (χ1v) is 4.79. The molecule has 0 atom stereocenters. The van der Waals surface area contributed by atoms with Gasteiger partial charge in [-0.15, -0.1) is 0 Å². The number of aliphatic carboxylic acids is 1. The molecule has 0 aliphatic carbocycles. The summed E-state index contributed by atoms with van der Waals surface area (Å²) in [5.74, 6) is -1.19. The van der Waals surface area contributed by atoms with Gasteiger partial charge in [0.2, 0.25) is 0 Å². The number of aliphatic hydroxyl groups excluding tert-OH is 1. The molecule has 0 saturated heterocycles. The van der Waals surface area contributed by atoms with Crippen molar-refractivity contribution >= 4 is 5.97 Å². The Morgan fingerprint density at radius 1 is 1.20 bits per heavy atom. The van der Waals surface area contributed by atoms with Gasteiger partial charge >= 0.3 is 38.9 Å². The van der Waals surface area contributed by atoms with Crippen LogP contribution in [0.2, 0.25) is 0 Å². The average Bonchev–Trinajstić information content (AvgIpc) is 1.61. The molecule has 0 heterocycles. The molecule has 6 N–H and O–H groups in total. The summed E-state index contributed by atoms with van der Waals surface area (Å²) < 4.78 is 29.5. The van der Waals surface area contributed by atoms with E-state index >= 15 is 0 Å². The SMILES string of the molecule is O=C(O)CO.[OH][Ti]([OH])([OH])[OH]. The van der Waals surface area contributed by atoms with E-state index in [9.17, 15) is 0 Å². The predicted molar refractivity (Wildman–Crippen MR) is 23.6 cm³/mol. The van der Waals surface area contributed by atoms with Crippen LogP contribution < -0.4 is 0 Å². The molecule has 0 aromatic rings. The van der Waals surface area contributed by atoms with E-state index in [0.29, 0.717) is 0 Å². The summed E-state index contributed by atoms with van der Waals surface area (Å²) in [4.78, 5) is 9.12. The fourth-order valence-corrected chi connectivity index (χ4v) is 0. The molecule has 0 aliphatic rings. The molecule has 0 spiro atoms. The third-order valence-electron chi connectivity index (χ3n) is 0.135. The summed E-state index contributed by atoms with van der Waals surface area (Å²) >= 11 is -5.00. The van der Waals surface area contributed by atoms with Crippen LogP contribution in [0.1, 0.15) is 0 Å². The number of carboxylic acid groups (broad SMARTS) is 1. The Labute approximate surface area is 61.1 Å². The van der Waals surface area contributed by atoms with Crippen LogP contribution in [0.3, 0.4) is 0 Å². The first-order valence-electron chi connectivity index (χ1n) is 1.99. The van der Waals surface area contributed by atoms with Gasteiger partial charge in [0, 0.05) is 0 Å². The summed E-state index contributed by atoms with van der Waals surface area (Å²) in [7, 11) is 0. The van der Waals surface area contributed by atoms with Gasteiger partial charge in [-0.2, -0.15) is 0 Å². The van der Waals surface area contributed by atoms with E-state index in [1.807, 2.05) is 0 Å². The van der Waals surface area contributed by atoms with Gasteiger partial charge < -0.3 is 10.2 Å². The van der Waals surface area contributed by atoms with E-state index in [0.717, 1.165) is 0 Å². The number of hydrogen-bond donors (Lipinski definition) is 6. The van der Waals surface area contributed by atoms with E-state index in [1.54, 1.807) is 0 Å². The summed E-state index contributed by atoms with van der Waals surface area (Å²) in [5, 5.41) is 15.0. The van der Waals surface area contributed by atoms with Crippen LogP contribution in [-0.2, 0) is 22.9 Å². The molecule has 8 heteroatoms. The standard InChI is InChI=1S/C2H4O3.4H2O.Ti/c3-1-2(4)5;;;;;/h3H,1H2,(H,4,5);4*1H2;/q;;;;;+4/p-4. The van der Waals surface area contributed by atoms with E-state index < -0.39 is 30.7 Å². The van der Waals surface area contributed by atoms with Crippen LogP contribution >= 0.6 is 0 Å². The second-order valence-electron chi connectivity index (χ2n) is 1.15. The Bertz CT molecular complexity index is 88.3. The molecule has 0 amide bonds. The number of rotatable bonds is 1. The van der Waals surface area contributed by atoms with E-state index in [1.165, 1.54) is 0 Å². The Morgan fingerprint density at radius 3 is 1.30 bits per heavy atom. The van der Waals surface area contributed by atoms with Crippen LogP contribution in [0, 0.1) is 0 Å². The number of hydrogen-bond acceptors (Lipinski definition) is 6. The first-order chi connectivity index (χ1) is 4.27. The molecule has 10 heavy (non-hydrogen) atoms. The quantitative estimate of drug-likeness (QED) is 0.241. The molecule has 7 nitrogen and oxygen atoms in total. The fraction of sp³-hybridized carbons (Fsp3) is 0.500. The van der Waals surface area contributed by atoms with Crippen molar-refractivity contribution in [3.8, 4) is 0 Å². The second kappa shape index (κ2) is 5.75. The van der Waals surface area contributed by atoms with Gasteiger partial charge in [0.05, 0.1) is 0 Å². The predicted octanol–water partition coefficient (Wildman–Crippen LogP) is -3.17. The van der Waals surface area contributed by atoms with E-state index in [4.69, 9.17) is 29.8 Å². The minimum absolute atomic E-state index is 0.778. The van der Waals surface area contributed by atoms with Crippen LogP contribution in [0.5, 0.6) is 0 Å². The fourth-order valence-electron chi connectivity index (χ4n) is 0. The monoisotopic (exact) mass is 192 g/mol. The molecule has 0 unspecified atom stereocenters. The molecule has 0 aliphatic heterocycles. The topological polar surface area (TPSA) is 138 Å². The number of carboxylic acids is 1. The third kappa shape index (κ3) is 98.9. The maximum absolute atomic E-state index is 9.12. The van der Waals surface area contributed by atoms with Crippen molar-refractivity contribution in [3.05, 3.63) is 0 Å². The van der Waals surface area contributed by atoms with Crippen molar-refractivity contribution in [2.24, 2.45) is 0 Å². The van der Waals surface area contributed by atoms with E-state index in [-0.39, 0.29) is 0 Å². The van der Waals surface area contributed by atoms with Gasteiger partial charge in [-0.25, -0.2) is 4.79 Å². The van der Waals surface area contributed by atoms with Crippen molar-refractivity contribution in [2.45, 2.75) is 0 Å². The van der Waals surface area contributed by atoms with Crippen LogP contribution in [-0.4, -0.2) is 37.5 Å². The summed E-state index contributed by atoms with van der Waals surface area (Å²) in [6.45, 7) is -0.778. The summed E-state index contributed by atoms with van der Waals surface area (Å²) in [6.07, 6.45) is 0. The molecule has 0 fully saturated rings. The normalized spacial score (nSPS) is 9.70. The molecule has 62 valence electrons. The van der Waals surface area contributed by atoms with Gasteiger partial charge in [-0.1, -0.05) is 0 Å². The Balaban J connectivity index is 0. The zero-order chi connectivity index (χ0) is 8.78. The second-order valence-corrected chi connectivity index (χ2v) is 3.03. The zero-order valence-corrected chi connectivity index (χ0v) is 6.36. The average molecular weight is 192 g/mol. The summed E-state index contributed by atoms with van der Waals surface area (Å²) in [6, 6.07) is 0.